The number of hydrogen-bond donors (Lipinski definition) is 2. The van der Waals surface area contributed by atoms with Gasteiger partial charge in [-0.25, -0.2) is 9.97 Å². The Kier molecular flexibility index (Phi) is 3.53. The second-order valence-electron chi connectivity index (χ2n) is 3.65. The molecule has 0 saturated carbocycles. The molecular weight excluding hydrogens is 212 g/mol. The van der Waals surface area contributed by atoms with Gasteiger partial charge in [-0.05, 0) is 25.2 Å². The number of nitrogens with one attached hydrogen (secondary N) is 1. The van der Waals surface area contributed by atoms with E-state index in [0.717, 1.165) is 29.4 Å². The number of anilines is 1. The molecule has 2 rings (SSSR count). The largest absolute Gasteiger partial charge is 0.383 e. The minimum Gasteiger partial charge on any atom is -0.383 e. The van der Waals surface area contributed by atoms with Crippen LogP contribution in [0.1, 0.15) is 12.0 Å². The van der Waals surface area contributed by atoms with E-state index >= 15 is 0 Å². The lowest BCUT2D eigenvalue weighted by molar-refractivity contribution is 0.818. The summed E-state index contributed by atoms with van der Waals surface area (Å²) in [7, 11) is 1.91. The van der Waals surface area contributed by atoms with Crippen molar-refractivity contribution in [2.24, 2.45) is 0 Å². The number of benzene rings is 1. The van der Waals surface area contributed by atoms with Gasteiger partial charge in [-0.3, -0.25) is 0 Å². The number of nitrogen functional groups attached to an aromatic ring is 1. The molecule has 0 saturated heterocycles. The maximum Gasteiger partial charge on any atom is 0.134 e. The van der Waals surface area contributed by atoms with Crippen molar-refractivity contribution < 1.29 is 0 Å². The smallest absolute Gasteiger partial charge is 0.134 e. The summed E-state index contributed by atoms with van der Waals surface area (Å²) in [5.41, 5.74) is 7.58. The SMILES string of the molecule is CNCCC#Cc1ccc2ncnc(N)c2c1. The van der Waals surface area contributed by atoms with Gasteiger partial charge >= 0.3 is 0 Å². The Balaban J connectivity index is 2.30. The molecule has 4 heteroatoms. The van der Waals surface area contributed by atoms with E-state index in [9.17, 15) is 0 Å². The molecule has 17 heavy (non-hydrogen) atoms. The van der Waals surface area contributed by atoms with Gasteiger partial charge in [0, 0.05) is 23.9 Å². The molecule has 0 atom stereocenters. The molecule has 1 aromatic heterocycles. The summed E-state index contributed by atoms with van der Waals surface area (Å²) in [5, 5.41) is 3.90. The van der Waals surface area contributed by atoms with Crippen LogP contribution in [0.15, 0.2) is 24.5 Å². The Morgan fingerprint density at radius 3 is 3.06 bits per heavy atom. The number of nitrogens with zero attached hydrogens (tertiary/aromatic N) is 2. The standard InChI is InChI=1S/C13H14N4/c1-15-7-3-2-4-10-5-6-12-11(8-10)13(14)17-9-16-12/h5-6,8-9,15H,3,7H2,1H3,(H2,14,16,17). The fourth-order valence-electron chi connectivity index (χ4n) is 1.51. The van der Waals surface area contributed by atoms with Crippen molar-refractivity contribution in [2.45, 2.75) is 6.42 Å². The van der Waals surface area contributed by atoms with Crippen LogP contribution in [-0.4, -0.2) is 23.6 Å². The monoisotopic (exact) mass is 226 g/mol. The third-order valence-corrected chi connectivity index (χ3v) is 2.40. The Labute approximate surface area is 100 Å². The molecule has 2 aromatic rings. The van der Waals surface area contributed by atoms with E-state index in [2.05, 4.69) is 27.1 Å². The average molecular weight is 226 g/mol. The van der Waals surface area contributed by atoms with Gasteiger partial charge in [0.15, 0.2) is 0 Å². The zero-order valence-corrected chi connectivity index (χ0v) is 9.70. The van der Waals surface area contributed by atoms with Crippen LogP contribution in [0.3, 0.4) is 0 Å². The Bertz CT molecular complexity index is 581. The Hall–Kier alpha value is -2.12. The van der Waals surface area contributed by atoms with Crippen LogP contribution in [0.25, 0.3) is 10.9 Å². The molecule has 0 bridgehead atoms. The van der Waals surface area contributed by atoms with E-state index in [1.807, 2.05) is 25.2 Å². The van der Waals surface area contributed by atoms with E-state index in [-0.39, 0.29) is 0 Å². The van der Waals surface area contributed by atoms with Crippen LogP contribution in [0.2, 0.25) is 0 Å². The molecule has 86 valence electrons. The summed E-state index contributed by atoms with van der Waals surface area (Å²) in [5.74, 6) is 6.68. The van der Waals surface area contributed by atoms with Crippen molar-refractivity contribution in [1.29, 1.82) is 0 Å². The lowest BCUT2D eigenvalue weighted by Gasteiger charge is -1.99. The van der Waals surface area contributed by atoms with Crippen LogP contribution < -0.4 is 11.1 Å². The van der Waals surface area contributed by atoms with Crippen molar-refractivity contribution in [3.05, 3.63) is 30.1 Å². The molecule has 1 aromatic carbocycles. The molecule has 0 aliphatic carbocycles. The molecule has 3 N–H and O–H groups in total. The summed E-state index contributed by atoms with van der Waals surface area (Å²) in [6.45, 7) is 0.895. The minimum atomic E-state index is 0.494. The number of rotatable bonds is 2. The highest BCUT2D eigenvalue weighted by Gasteiger charge is 1.99. The summed E-state index contributed by atoms with van der Waals surface area (Å²) in [4.78, 5) is 8.11. The average Bonchev–Trinajstić information content (AvgIpc) is 2.36. The van der Waals surface area contributed by atoms with E-state index in [1.165, 1.54) is 6.33 Å². The fraction of sp³-hybridized carbons (Fsp3) is 0.231. The Morgan fingerprint density at radius 2 is 2.24 bits per heavy atom. The molecule has 1 heterocycles. The molecular formula is C13H14N4. The maximum absolute atomic E-state index is 5.79. The molecule has 0 unspecified atom stereocenters. The molecule has 0 radical (unpaired) electrons. The second-order valence-corrected chi connectivity index (χ2v) is 3.65. The highest BCUT2D eigenvalue weighted by atomic mass is 14.9. The van der Waals surface area contributed by atoms with Gasteiger partial charge in [0.25, 0.3) is 0 Å². The third-order valence-electron chi connectivity index (χ3n) is 2.40. The van der Waals surface area contributed by atoms with Crippen LogP contribution in [0.5, 0.6) is 0 Å². The molecule has 0 aliphatic rings. The topological polar surface area (TPSA) is 63.8 Å². The van der Waals surface area contributed by atoms with Crippen molar-refractivity contribution in [3.8, 4) is 11.8 Å². The quantitative estimate of drug-likeness (QED) is 0.596. The molecule has 0 aliphatic heterocycles. The predicted molar refractivity (Wildman–Crippen MR) is 69.4 cm³/mol. The van der Waals surface area contributed by atoms with E-state index < -0.39 is 0 Å². The molecule has 4 nitrogen and oxygen atoms in total. The lowest BCUT2D eigenvalue weighted by Crippen LogP contribution is -2.05. The summed E-state index contributed by atoms with van der Waals surface area (Å²) >= 11 is 0. The van der Waals surface area contributed by atoms with Gasteiger partial charge in [-0.15, -0.1) is 0 Å². The van der Waals surface area contributed by atoms with Gasteiger partial charge in [-0.1, -0.05) is 11.8 Å². The number of aromatic nitrogens is 2. The van der Waals surface area contributed by atoms with Crippen molar-refractivity contribution in [2.75, 3.05) is 19.3 Å². The second kappa shape index (κ2) is 5.28. The van der Waals surface area contributed by atoms with E-state index in [0.29, 0.717) is 5.82 Å². The van der Waals surface area contributed by atoms with Gasteiger partial charge in [0.1, 0.15) is 12.1 Å². The van der Waals surface area contributed by atoms with Crippen molar-refractivity contribution >= 4 is 16.7 Å². The van der Waals surface area contributed by atoms with Crippen molar-refractivity contribution in [3.63, 3.8) is 0 Å². The number of hydrogen-bond acceptors (Lipinski definition) is 4. The number of fused-ring (bicyclic) bond motifs is 1. The fourth-order valence-corrected chi connectivity index (χ4v) is 1.51. The third kappa shape index (κ3) is 2.71. The summed E-state index contributed by atoms with van der Waals surface area (Å²) < 4.78 is 0. The van der Waals surface area contributed by atoms with Gasteiger partial charge in [0.05, 0.1) is 5.52 Å². The first-order valence-electron chi connectivity index (χ1n) is 5.45. The van der Waals surface area contributed by atoms with E-state index in [1.54, 1.807) is 0 Å². The summed E-state index contributed by atoms with van der Waals surface area (Å²) in [6, 6.07) is 5.79. The van der Waals surface area contributed by atoms with Crippen LogP contribution >= 0.6 is 0 Å². The van der Waals surface area contributed by atoms with Crippen LogP contribution in [-0.2, 0) is 0 Å². The van der Waals surface area contributed by atoms with Gasteiger partial charge < -0.3 is 11.1 Å². The lowest BCUT2D eigenvalue weighted by atomic mass is 10.1. The minimum absolute atomic E-state index is 0.494. The first-order chi connectivity index (χ1) is 8.31. The first kappa shape index (κ1) is 11.4. The highest BCUT2D eigenvalue weighted by Crippen LogP contribution is 2.17. The highest BCUT2D eigenvalue weighted by molar-refractivity contribution is 5.88. The van der Waals surface area contributed by atoms with E-state index in [4.69, 9.17) is 5.73 Å². The normalized spacial score (nSPS) is 9.94. The van der Waals surface area contributed by atoms with Crippen LogP contribution in [0.4, 0.5) is 5.82 Å². The maximum atomic E-state index is 5.79. The molecule has 0 spiro atoms. The van der Waals surface area contributed by atoms with Gasteiger partial charge in [0.2, 0.25) is 0 Å². The number of nitrogens with two attached hydrogens (primary N) is 1. The van der Waals surface area contributed by atoms with Crippen molar-refractivity contribution in [1.82, 2.24) is 15.3 Å². The Morgan fingerprint density at radius 1 is 1.35 bits per heavy atom. The summed E-state index contributed by atoms with van der Waals surface area (Å²) in [6.07, 6.45) is 2.30. The zero-order valence-electron chi connectivity index (χ0n) is 9.70. The van der Waals surface area contributed by atoms with Crippen LogP contribution in [0, 0.1) is 11.8 Å². The molecule has 0 fully saturated rings. The zero-order chi connectivity index (χ0) is 12.1. The first-order valence-corrected chi connectivity index (χ1v) is 5.45. The van der Waals surface area contributed by atoms with Gasteiger partial charge in [-0.2, -0.15) is 0 Å². The predicted octanol–water partition coefficient (Wildman–Crippen LogP) is 1.17. The molecule has 0 amide bonds.